The number of amides is 1. The number of thiophene rings is 1. The van der Waals surface area contributed by atoms with Crippen molar-refractivity contribution in [1.29, 1.82) is 0 Å². The molecule has 0 spiro atoms. The first-order chi connectivity index (χ1) is 12.4. The van der Waals surface area contributed by atoms with Gasteiger partial charge in [0.2, 0.25) is 5.91 Å². The summed E-state index contributed by atoms with van der Waals surface area (Å²) in [6, 6.07) is 10.4. The molecule has 140 valence electrons. The summed E-state index contributed by atoms with van der Waals surface area (Å²) >= 11 is 14.2. The Bertz CT molecular complexity index is 876. The number of piperazine rings is 1. The number of halogens is 2. The van der Waals surface area contributed by atoms with Crippen LogP contribution in [0.15, 0.2) is 45.5 Å². The summed E-state index contributed by atoms with van der Waals surface area (Å²) in [6.45, 7) is 1.35. The van der Waals surface area contributed by atoms with Crippen LogP contribution in [0.25, 0.3) is 0 Å². The SMILES string of the molecule is O=C(CSc1ccc(Cl)cc1)N1CCN(S(=O)(=O)c2ccc(Cl)s2)CC1. The fourth-order valence-electron chi connectivity index (χ4n) is 2.51. The lowest BCUT2D eigenvalue weighted by molar-refractivity contribution is -0.129. The van der Waals surface area contributed by atoms with Crippen molar-refractivity contribution in [3.05, 3.63) is 45.8 Å². The molecule has 0 saturated carbocycles. The normalized spacial score (nSPS) is 16.0. The second-order valence-electron chi connectivity index (χ2n) is 5.59. The number of rotatable bonds is 5. The lowest BCUT2D eigenvalue weighted by Gasteiger charge is -2.33. The zero-order chi connectivity index (χ0) is 18.7. The molecule has 0 unspecified atom stereocenters. The van der Waals surface area contributed by atoms with Crippen LogP contribution in [0.4, 0.5) is 0 Å². The Labute approximate surface area is 170 Å². The zero-order valence-electron chi connectivity index (χ0n) is 13.6. The van der Waals surface area contributed by atoms with E-state index in [1.54, 1.807) is 23.1 Å². The molecule has 2 aromatic rings. The Morgan fingerprint density at radius 3 is 2.27 bits per heavy atom. The highest BCUT2D eigenvalue weighted by Gasteiger charge is 2.31. The molecule has 1 amide bonds. The lowest BCUT2D eigenvalue weighted by atomic mass is 10.3. The second-order valence-corrected chi connectivity index (χ2v) is 11.0. The Balaban J connectivity index is 1.53. The monoisotopic (exact) mass is 450 g/mol. The molecule has 0 atom stereocenters. The summed E-state index contributed by atoms with van der Waals surface area (Å²) in [7, 11) is -3.54. The van der Waals surface area contributed by atoms with Gasteiger partial charge in [-0.3, -0.25) is 4.79 Å². The maximum absolute atomic E-state index is 12.6. The molecule has 2 heterocycles. The van der Waals surface area contributed by atoms with E-state index in [1.165, 1.54) is 22.1 Å². The van der Waals surface area contributed by atoms with Gasteiger partial charge in [-0.2, -0.15) is 4.31 Å². The van der Waals surface area contributed by atoms with E-state index in [4.69, 9.17) is 23.2 Å². The van der Waals surface area contributed by atoms with Crippen molar-refractivity contribution in [2.45, 2.75) is 9.10 Å². The topological polar surface area (TPSA) is 57.7 Å². The van der Waals surface area contributed by atoms with Crippen LogP contribution in [0.3, 0.4) is 0 Å². The molecule has 1 aliphatic rings. The van der Waals surface area contributed by atoms with Gasteiger partial charge in [-0.1, -0.05) is 23.2 Å². The van der Waals surface area contributed by atoms with E-state index in [0.717, 1.165) is 16.2 Å². The highest BCUT2D eigenvalue weighted by molar-refractivity contribution is 8.00. The van der Waals surface area contributed by atoms with Crippen molar-refractivity contribution in [2.75, 3.05) is 31.9 Å². The van der Waals surface area contributed by atoms with Gasteiger partial charge in [0.25, 0.3) is 10.0 Å². The minimum Gasteiger partial charge on any atom is -0.339 e. The summed E-state index contributed by atoms with van der Waals surface area (Å²) in [4.78, 5) is 15.0. The molecule has 1 aromatic heterocycles. The number of hydrogen-bond acceptors (Lipinski definition) is 5. The Morgan fingerprint density at radius 1 is 1.04 bits per heavy atom. The largest absolute Gasteiger partial charge is 0.339 e. The van der Waals surface area contributed by atoms with Crippen LogP contribution in [-0.4, -0.2) is 55.5 Å². The Hall–Kier alpha value is -0.770. The third kappa shape index (κ3) is 4.74. The number of hydrogen-bond donors (Lipinski definition) is 0. The van der Waals surface area contributed by atoms with Crippen molar-refractivity contribution >= 4 is 62.2 Å². The van der Waals surface area contributed by atoms with Crippen LogP contribution in [0.2, 0.25) is 9.36 Å². The number of carbonyl (C=O) groups is 1. The van der Waals surface area contributed by atoms with Gasteiger partial charge in [0.1, 0.15) is 4.21 Å². The Kier molecular flexibility index (Phi) is 6.53. The number of carbonyl (C=O) groups excluding carboxylic acids is 1. The van der Waals surface area contributed by atoms with Gasteiger partial charge in [-0.15, -0.1) is 23.1 Å². The molecule has 1 fully saturated rings. The summed E-state index contributed by atoms with van der Waals surface area (Å²) in [5.41, 5.74) is 0. The van der Waals surface area contributed by atoms with Crippen LogP contribution in [-0.2, 0) is 14.8 Å². The van der Waals surface area contributed by atoms with E-state index in [9.17, 15) is 13.2 Å². The summed E-state index contributed by atoms with van der Waals surface area (Å²) < 4.78 is 27.2. The van der Waals surface area contributed by atoms with Crippen LogP contribution < -0.4 is 0 Å². The average molecular weight is 451 g/mol. The van der Waals surface area contributed by atoms with E-state index < -0.39 is 10.0 Å². The zero-order valence-corrected chi connectivity index (χ0v) is 17.6. The molecule has 1 saturated heterocycles. The van der Waals surface area contributed by atoms with Crippen LogP contribution in [0.1, 0.15) is 0 Å². The number of benzene rings is 1. The standard InChI is InChI=1S/C16H16Cl2N2O3S3/c17-12-1-3-13(4-2-12)24-11-15(21)19-7-9-20(10-8-19)26(22,23)16-6-5-14(18)25-16/h1-6H,7-11H2. The van der Waals surface area contributed by atoms with Crippen molar-refractivity contribution in [1.82, 2.24) is 9.21 Å². The molecule has 0 N–H and O–H groups in total. The van der Waals surface area contributed by atoms with Gasteiger partial charge < -0.3 is 4.90 Å². The highest BCUT2D eigenvalue weighted by Crippen LogP contribution is 2.28. The van der Waals surface area contributed by atoms with Gasteiger partial charge in [-0.25, -0.2) is 8.42 Å². The van der Waals surface area contributed by atoms with Crippen LogP contribution >= 0.6 is 46.3 Å². The molecule has 0 radical (unpaired) electrons. The fourth-order valence-corrected chi connectivity index (χ4v) is 6.50. The third-order valence-electron chi connectivity index (χ3n) is 3.91. The number of thioether (sulfide) groups is 1. The molecule has 10 heteroatoms. The molecule has 3 rings (SSSR count). The van der Waals surface area contributed by atoms with E-state index in [2.05, 4.69) is 0 Å². The predicted octanol–water partition coefficient (Wildman–Crippen LogP) is 3.68. The molecular formula is C16H16Cl2N2O3S3. The minimum absolute atomic E-state index is 0.00108. The molecule has 5 nitrogen and oxygen atoms in total. The van der Waals surface area contributed by atoms with E-state index in [1.807, 2.05) is 12.1 Å². The Morgan fingerprint density at radius 2 is 1.69 bits per heavy atom. The minimum atomic E-state index is -3.54. The molecule has 26 heavy (non-hydrogen) atoms. The lowest BCUT2D eigenvalue weighted by Crippen LogP contribution is -2.50. The third-order valence-corrected chi connectivity index (χ3v) is 8.76. The first-order valence-corrected chi connectivity index (χ1v) is 11.8. The van der Waals surface area contributed by atoms with E-state index in [-0.39, 0.29) is 23.2 Å². The predicted molar refractivity (Wildman–Crippen MR) is 107 cm³/mol. The summed E-state index contributed by atoms with van der Waals surface area (Å²) in [5.74, 6) is 0.315. The maximum atomic E-state index is 12.6. The van der Waals surface area contributed by atoms with E-state index >= 15 is 0 Å². The quantitative estimate of drug-likeness (QED) is 0.651. The van der Waals surface area contributed by atoms with Crippen molar-refractivity contribution < 1.29 is 13.2 Å². The van der Waals surface area contributed by atoms with Crippen molar-refractivity contribution in [3.63, 3.8) is 0 Å². The van der Waals surface area contributed by atoms with Crippen molar-refractivity contribution in [2.24, 2.45) is 0 Å². The maximum Gasteiger partial charge on any atom is 0.252 e. The molecule has 1 aromatic carbocycles. The number of nitrogens with zero attached hydrogens (tertiary/aromatic N) is 2. The molecular weight excluding hydrogens is 435 g/mol. The van der Waals surface area contributed by atoms with Crippen LogP contribution in [0.5, 0.6) is 0 Å². The smallest absolute Gasteiger partial charge is 0.252 e. The fraction of sp³-hybridized carbons (Fsp3) is 0.312. The van der Waals surface area contributed by atoms with Crippen molar-refractivity contribution in [3.8, 4) is 0 Å². The average Bonchev–Trinajstić information content (AvgIpc) is 3.08. The first-order valence-electron chi connectivity index (χ1n) is 7.78. The highest BCUT2D eigenvalue weighted by atomic mass is 35.5. The number of sulfonamides is 1. The van der Waals surface area contributed by atoms with Gasteiger partial charge in [0.15, 0.2) is 0 Å². The van der Waals surface area contributed by atoms with Gasteiger partial charge in [-0.05, 0) is 36.4 Å². The van der Waals surface area contributed by atoms with Gasteiger partial charge in [0, 0.05) is 36.1 Å². The first kappa shape index (κ1) is 20.0. The summed E-state index contributed by atoms with van der Waals surface area (Å²) in [6.07, 6.45) is 0. The molecule has 1 aliphatic heterocycles. The molecule has 0 bridgehead atoms. The second kappa shape index (κ2) is 8.50. The van der Waals surface area contributed by atoms with E-state index in [0.29, 0.717) is 28.2 Å². The molecule has 0 aliphatic carbocycles. The van der Waals surface area contributed by atoms with Crippen LogP contribution in [0, 0.1) is 0 Å². The van der Waals surface area contributed by atoms with Gasteiger partial charge >= 0.3 is 0 Å². The summed E-state index contributed by atoms with van der Waals surface area (Å²) in [5, 5.41) is 0.657. The van der Waals surface area contributed by atoms with Gasteiger partial charge in [0.05, 0.1) is 10.1 Å².